The Morgan fingerprint density at radius 3 is 2.72 bits per heavy atom. The van der Waals surface area contributed by atoms with Crippen LogP contribution < -0.4 is 0 Å². The van der Waals surface area contributed by atoms with Crippen LogP contribution in [0.3, 0.4) is 0 Å². The van der Waals surface area contributed by atoms with Crippen LogP contribution >= 0.6 is 0 Å². The molecule has 1 N–H and O–H groups in total. The number of alkyl halides is 2. The molecule has 4 aromatic rings. The summed E-state index contributed by atoms with van der Waals surface area (Å²) in [6.07, 6.45) is 8.34. The van der Waals surface area contributed by atoms with Gasteiger partial charge < -0.3 is 4.98 Å². The molecular weight excluding hydrogens is 378 g/mol. The molecule has 1 aliphatic rings. The molecule has 1 unspecified atom stereocenters. The predicted molar refractivity (Wildman–Crippen MR) is 99.1 cm³/mol. The van der Waals surface area contributed by atoms with Crippen LogP contribution in [0.1, 0.15) is 11.6 Å². The molecule has 0 aliphatic carbocycles. The Morgan fingerprint density at radius 1 is 1.14 bits per heavy atom. The van der Waals surface area contributed by atoms with E-state index in [1.807, 2.05) is 12.3 Å². The number of aromatic nitrogens is 6. The number of hydrogen-bond donors (Lipinski definition) is 1. The summed E-state index contributed by atoms with van der Waals surface area (Å²) in [5, 5.41) is 13.7. The largest absolute Gasteiger partial charge is 0.329 e. The number of imidazole rings is 1. The van der Waals surface area contributed by atoms with Crippen LogP contribution in [0, 0.1) is 11.3 Å². The molecular formula is C19H14F2N8. The Balaban J connectivity index is 1.40. The first-order valence-electron chi connectivity index (χ1n) is 8.85. The minimum absolute atomic E-state index is 0.414. The van der Waals surface area contributed by atoms with Gasteiger partial charge in [-0.1, -0.05) is 6.07 Å². The number of nitriles is 1. The highest BCUT2D eigenvalue weighted by molar-refractivity contribution is 5.88. The maximum atomic E-state index is 13.1. The fraction of sp³-hybridized carbons (Fsp3) is 0.211. The van der Waals surface area contributed by atoms with Crippen LogP contribution in [0.4, 0.5) is 8.78 Å². The smallest absolute Gasteiger partial charge is 0.273 e. The van der Waals surface area contributed by atoms with Gasteiger partial charge in [-0.3, -0.25) is 4.90 Å². The Bertz CT molecular complexity index is 1210. The zero-order valence-electron chi connectivity index (χ0n) is 15.0. The van der Waals surface area contributed by atoms with Gasteiger partial charge in [0.15, 0.2) is 11.5 Å². The number of nitrogens with one attached hydrogen (secondary N) is 1. The highest BCUT2D eigenvalue weighted by Crippen LogP contribution is 2.34. The molecule has 10 heteroatoms. The lowest BCUT2D eigenvalue weighted by Crippen LogP contribution is -2.56. The molecule has 0 saturated carbocycles. The number of halogens is 2. The van der Waals surface area contributed by atoms with E-state index in [1.165, 1.54) is 11.1 Å². The van der Waals surface area contributed by atoms with Crippen molar-refractivity contribution in [1.82, 2.24) is 34.6 Å². The van der Waals surface area contributed by atoms with Gasteiger partial charge in [0.05, 0.1) is 31.7 Å². The minimum atomic E-state index is -2.72. The third kappa shape index (κ3) is 3.01. The summed E-state index contributed by atoms with van der Waals surface area (Å²) in [7, 11) is 0. The van der Waals surface area contributed by atoms with E-state index in [1.54, 1.807) is 35.5 Å². The lowest BCUT2D eigenvalue weighted by Gasteiger charge is -2.41. The van der Waals surface area contributed by atoms with Gasteiger partial charge in [0.1, 0.15) is 11.6 Å². The first-order valence-corrected chi connectivity index (χ1v) is 8.85. The maximum absolute atomic E-state index is 13.1. The van der Waals surface area contributed by atoms with Crippen LogP contribution in [-0.2, 0) is 0 Å². The molecule has 5 heterocycles. The van der Waals surface area contributed by atoms with Gasteiger partial charge in [0, 0.05) is 35.3 Å². The van der Waals surface area contributed by atoms with Crippen LogP contribution in [0.2, 0.25) is 0 Å². The molecule has 5 rings (SSSR count). The summed E-state index contributed by atoms with van der Waals surface area (Å²) < 4.78 is 27.8. The van der Waals surface area contributed by atoms with Crippen molar-refractivity contribution in [3.05, 3.63) is 54.9 Å². The van der Waals surface area contributed by atoms with Gasteiger partial charge in [-0.2, -0.15) is 10.4 Å². The van der Waals surface area contributed by atoms with Crippen LogP contribution in [0.5, 0.6) is 0 Å². The van der Waals surface area contributed by atoms with Crippen LogP contribution in [0.15, 0.2) is 49.3 Å². The van der Waals surface area contributed by atoms with Crippen molar-refractivity contribution in [2.45, 2.75) is 12.0 Å². The number of likely N-dealkylation sites (tertiary alicyclic amines) is 1. The van der Waals surface area contributed by atoms with E-state index in [4.69, 9.17) is 0 Å². The highest BCUT2D eigenvalue weighted by Gasteiger charge is 2.47. The van der Waals surface area contributed by atoms with E-state index >= 15 is 0 Å². The van der Waals surface area contributed by atoms with Gasteiger partial charge in [0.25, 0.3) is 5.92 Å². The molecule has 0 spiro atoms. The molecule has 4 aromatic heterocycles. The summed E-state index contributed by atoms with van der Waals surface area (Å²) in [6, 6.07) is 6.62. The zero-order chi connectivity index (χ0) is 20.0. The first-order chi connectivity index (χ1) is 14.0. The number of aromatic amines is 1. The van der Waals surface area contributed by atoms with Crippen molar-refractivity contribution in [2.24, 2.45) is 0 Å². The lowest BCUT2D eigenvalue weighted by molar-refractivity contribution is -0.139. The number of pyridine rings is 2. The average molecular weight is 392 g/mol. The third-order valence-electron chi connectivity index (χ3n) is 4.89. The molecule has 1 aliphatic heterocycles. The normalized spacial score (nSPS) is 17.0. The van der Waals surface area contributed by atoms with Crippen molar-refractivity contribution in [3.63, 3.8) is 0 Å². The Morgan fingerprint density at radius 2 is 2.00 bits per heavy atom. The molecule has 0 radical (unpaired) electrons. The summed E-state index contributed by atoms with van der Waals surface area (Å²) in [6.45, 7) is -0.827. The molecule has 29 heavy (non-hydrogen) atoms. The minimum Gasteiger partial charge on any atom is -0.329 e. The number of rotatable bonds is 4. The quantitative estimate of drug-likeness (QED) is 0.573. The Labute approximate surface area is 163 Å². The fourth-order valence-electron chi connectivity index (χ4n) is 3.46. The number of H-pyrrole nitrogens is 1. The van der Waals surface area contributed by atoms with Crippen LogP contribution in [0.25, 0.3) is 28.1 Å². The number of hydrogen-bond acceptors (Lipinski definition) is 6. The van der Waals surface area contributed by atoms with Gasteiger partial charge in [-0.05, 0) is 12.1 Å². The number of nitrogens with zero attached hydrogens (tertiary/aromatic N) is 7. The molecule has 0 bridgehead atoms. The molecule has 0 aromatic carbocycles. The van der Waals surface area contributed by atoms with E-state index < -0.39 is 25.1 Å². The molecule has 144 valence electrons. The summed E-state index contributed by atoms with van der Waals surface area (Å²) in [5.74, 6) is -2.17. The second-order valence-corrected chi connectivity index (χ2v) is 6.87. The van der Waals surface area contributed by atoms with Crippen molar-refractivity contribution in [3.8, 4) is 23.0 Å². The third-order valence-corrected chi connectivity index (χ3v) is 4.89. The van der Waals surface area contributed by atoms with Gasteiger partial charge in [0.2, 0.25) is 0 Å². The Hall–Kier alpha value is -3.71. The van der Waals surface area contributed by atoms with E-state index in [9.17, 15) is 14.0 Å². The van der Waals surface area contributed by atoms with Gasteiger partial charge >= 0.3 is 0 Å². The first kappa shape index (κ1) is 17.4. The summed E-state index contributed by atoms with van der Waals surface area (Å²) >= 11 is 0. The summed E-state index contributed by atoms with van der Waals surface area (Å²) in [5.41, 5.74) is 3.76. The molecule has 1 atom stereocenters. The summed E-state index contributed by atoms with van der Waals surface area (Å²) in [4.78, 5) is 17.3. The second kappa shape index (κ2) is 6.42. The van der Waals surface area contributed by atoms with Crippen molar-refractivity contribution in [2.75, 3.05) is 13.1 Å². The molecule has 1 saturated heterocycles. The van der Waals surface area contributed by atoms with Crippen LogP contribution in [-0.4, -0.2) is 53.6 Å². The highest BCUT2D eigenvalue weighted by atomic mass is 19.3. The second-order valence-electron chi connectivity index (χ2n) is 6.87. The topological polar surface area (TPSA) is 99.3 Å². The molecule has 8 nitrogen and oxygen atoms in total. The molecule has 0 amide bonds. The SMILES string of the molecule is N#CC(c1ccc(-n2cc(-c3ccnc4[nH]cnc34)cn2)nc1)N1CC(F)(F)C1. The predicted octanol–water partition coefficient (Wildman–Crippen LogP) is 2.72. The zero-order valence-corrected chi connectivity index (χ0v) is 15.0. The van der Waals surface area contributed by atoms with Gasteiger partial charge in [-0.25, -0.2) is 28.4 Å². The van der Waals surface area contributed by atoms with Crippen molar-refractivity contribution in [1.29, 1.82) is 5.26 Å². The van der Waals surface area contributed by atoms with Crippen molar-refractivity contribution >= 4 is 11.2 Å². The lowest BCUT2D eigenvalue weighted by atomic mass is 10.0. The van der Waals surface area contributed by atoms with E-state index in [0.717, 1.165) is 16.6 Å². The van der Waals surface area contributed by atoms with E-state index in [0.29, 0.717) is 17.0 Å². The maximum Gasteiger partial charge on any atom is 0.273 e. The Kier molecular flexibility index (Phi) is 3.85. The van der Waals surface area contributed by atoms with E-state index in [2.05, 4.69) is 31.1 Å². The standard InChI is InChI=1S/C19H14F2N8/c20-19(21)9-28(10-19)15(5-22)12-1-2-16(24-6-12)29-8-13(7-27-29)14-3-4-23-18-17(14)25-11-26-18/h1-4,6-8,11,15H,9-10H2,(H,23,25,26). The van der Waals surface area contributed by atoms with Gasteiger partial charge in [-0.15, -0.1) is 0 Å². The molecule has 1 fully saturated rings. The van der Waals surface area contributed by atoms with E-state index in [-0.39, 0.29) is 0 Å². The van der Waals surface area contributed by atoms with Crippen molar-refractivity contribution < 1.29 is 8.78 Å². The monoisotopic (exact) mass is 392 g/mol. The average Bonchev–Trinajstić information content (AvgIpc) is 3.37. The number of fused-ring (bicyclic) bond motifs is 1. The fourth-order valence-corrected chi connectivity index (χ4v) is 3.46.